The highest BCUT2D eigenvalue weighted by atomic mass is 16.5. The van der Waals surface area contributed by atoms with Gasteiger partial charge in [0.15, 0.2) is 17.3 Å². The van der Waals surface area contributed by atoms with E-state index in [2.05, 4.69) is 51.4 Å². The number of pyridine rings is 1. The van der Waals surface area contributed by atoms with Gasteiger partial charge in [-0.1, -0.05) is 6.92 Å². The molecular formula is C36H48N8O3. The number of anilines is 4. The molecule has 1 spiro atoms. The molecule has 2 aromatic heterocycles. The molecule has 0 radical (unpaired) electrons. The largest absolute Gasteiger partial charge is 0.494 e. The maximum absolute atomic E-state index is 12.8. The van der Waals surface area contributed by atoms with E-state index in [-0.39, 0.29) is 17.3 Å². The van der Waals surface area contributed by atoms with Gasteiger partial charge in [0, 0.05) is 49.4 Å². The van der Waals surface area contributed by atoms with Crippen molar-refractivity contribution in [3.05, 3.63) is 47.8 Å². The number of aryl methyl sites for hydroxylation is 1. The quantitative estimate of drug-likeness (QED) is 0.275. The number of primary amides is 1. The van der Waals surface area contributed by atoms with Gasteiger partial charge in [-0.05, 0) is 113 Å². The van der Waals surface area contributed by atoms with E-state index in [1.54, 1.807) is 19.4 Å². The number of piperidine rings is 2. The lowest BCUT2D eigenvalue weighted by Crippen LogP contribution is -2.47. The summed E-state index contributed by atoms with van der Waals surface area (Å²) in [6, 6.07) is 10.8. The van der Waals surface area contributed by atoms with Gasteiger partial charge in [0.05, 0.1) is 12.7 Å². The Balaban J connectivity index is 1.13. The summed E-state index contributed by atoms with van der Waals surface area (Å²) >= 11 is 0. The Kier molecular flexibility index (Phi) is 8.93. The van der Waals surface area contributed by atoms with Crippen LogP contribution < -0.4 is 26.0 Å². The lowest BCUT2D eigenvalue weighted by molar-refractivity contribution is -0.00884. The van der Waals surface area contributed by atoms with E-state index in [4.69, 9.17) is 25.2 Å². The number of amides is 1. The highest BCUT2D eigenvalue weighted by Gasteiger charge is 2.48. The Bertz CT molecular complexity index is 1600. The zero-order valence-electron chi connectivity index (χ0n) is 27.9. The van der Waals surface area contributed by atoms with Crippen LogP contribution in [0.1, 0.15) is 74.3 Å². The van der Waals surface area contributed by atoms with Crippen molar-refractivity contribution in [2.75, 3.05) is 55.4 Å². The van der Waals surface area contributed by atoms with Gasteiger partial charge < -0.3 is 35.6 Å². The maximum atomic E-state index is 12.8. The van der Waals surface area contributed by atoms with Gasteiger partial charge >= 0.3 is 0 Å². The van der Waals surface area contributed by atoms with Crippen LogP contribution in [0.3, 0.4) is 0 Å². The molecule has 4 N–H and O–H groups in total. The Morgan fingerprint density at radius 2 is 1.81 bits per heavy atom. The molecule has 1 unspecified atom stereocenters. The summed E-state index contributed by atoms with van der Waals surface area (Å²) in [4.78, 5) is 32.3. The van der Waals surface area contributed by atoms with Crippen molar-refractivity contribution in [3.63, 3.8) is 0 Å². The van der Waals surface area contributed by atoms with Gasteiger partial charge in [-0.3, -0.25) is 9.78 Å². The summed E-state index contributed by atoms with van der Waals surface area (Å²) in [6.07, 6.45) is 10.6. The Hall–Kier alpha value is -3.96. The summed E-state index contributed by atoms with van der Waals surface area (Å²) in [5.74, 6) is 1.54. The number of ether oxygens (including phenoxy) is 2. The van der Waals surface area contributed by atoms with E-state index in [1.807, 2.05) is 12.1 Å². The molecule has 3 aromatic rings. The molecule has 250 valence electrons. The molecule has 7 rings (SSSR count). The number of rotatable bonds is 9. The van der Waals surface area contributed by atoms with E-state index < -0.39 is 5.91 Å². The second-order valence-electron chi connectivity index (χ2n) is 14.0. The first kappa shape index (κ1) is 31.6. The molecule has 47 heavy (non-hydrogen) atoms. The number of aromatic nitrogens is 3. The summed E-state index contributed by atoms with van der Waals surface area (Å²) in [5, 5.41) is 7.00. The van der Waals surface area contributed by atoms with Gasteiger partial charge in [-0.2, -0.15) is 0 Å². The lowest BCUT2D eigenvalue weighted by Gasteiger charge is -2.42. The van der Waals surface area contributed by atoms with E-state index in [0.29, 0.717) is 41.4 Å². The molecule has 1 amide bonds. The number of nitrogens with two attached hydrogens (primary N) is 1. The normalized spacial score (nSPS) is 21.9. The van der Waals surface area contributed by atoms with Crippen LogP contribution in [-0.4, -0.2) is 83.3 Å². The molecule has 0 bridgehead atoms. The van der Waals surface area contributed by atoms with Crippen molar-refractivity contribution in [2.24, 2.45) is 11.7 Å². The lowest BCUT2D eigenvalue weighted by atomic mass is 9.94. The fourth-order valence-electron chi connectivity index (χ4n) is 7.62. The molecule has 3 aliphatic heterocycles. The predicted molar refractivity (Wildman–Crippen MR) is 185 cm³/mol. The first-order valence-electron chi connectivity index (χ1n) is 17.3. The SMILES string of the molecule is COc1cccnc1-c1nc(C(N)=O)c(Nc2ccc(N3CCC(N4CCC(C)CC4)CC3)c(C)c2)nc1NC1CCOC2(CC2)C1. The van der Waals surface area contributed by atoms with Crippen LogP contribution in [0.15, 0.2) is 36.5 Å². The minimum Gasteiger partial charge on any atom is -0.494 e. The minimum absolute atomic E-state index is 0.0266. The van der Waals surface area contributed by atoms with Crippen molar-refractivity contribution in [1.82, 2.24) is 19.9 Å². The highest BCUT2D eigenvalue weighted by molar-refractivity contribution is 5.97. The number of nitrogens with zero attached hydrogens (tertiary/aromatic N) is 5. The van der Waals surface area contributed by atoms with Gasteiger partial charge in [0.25, 0.3) is 5.91 Å². The number of methoxy groups -OCH3 is 1. The molecular weight excluding hydrogens is 592 g/mol. The second-order valence-corrected chi connectivity index (χ2v) is 14.0. The first-order valence-corrected chi connectivity index (χ1v) is 17.3. The van der Waals surface area contributed by atoms with E-state index in [9.17, 15) is 4.79 Å². The van der Waals surface area contributed by atoms with Gasteiger partial charge in [0.1, 0.15) is 17.1 Å². The Morgan fingerprint density at radius 1 is 1.02 bits per heavy atom. The average molecular weight is 641 g/mol. The summed E-state index contributed by atoms with van der Waals surface area (Å²) in [5.41, 5.74) is 10.1. The maximum Gasteiger partial charge on any atom is 0.271 e. The topological polar surface area (TPSA) is 131 Å². The highest BCUT2D eigenvalue weighted by Crippen LogP contribution is 2.47. The molecule has 4 aliphatic rings. The standard InChI is InChI=1S/C36H48N8O3/c1-23-8-16-43(17-9-23)27-10-18-44(19-11-27)28-7-6-25(21-24(28)2)39-35-32(33(37)45)41-31(30-29(46-3)5-4-15-38-30)34(42-35)40-26-12-20-47-36(22-26)13-14-36/h4-7,15,21,23,26-27H,8-14,16-20,22H2,1-3H3,(H2,37,45)(H2,39,40,42). The van der Waals surface area contributed by atoms with Crippen LogP contribution >= 0.6 is 0 Å². The average Bonchev–Trinajstić information content (AvgIpc) is 3.83. The molecule has 3 saturated heterocycles. The molecule has 1 aliphatic carbocycles. The van der Waals surface area contributed by atoms with Gasteiger partial charge in [0.2, 0.25) is 0 Å². The van der Waals surface area contributed by atoms with Crippen LogP contribution in [-0.2, 0) is 4.74 Å². The Morgan fingerprint density at radius 3 is 2.51 bits per heavy atom. The number of nitrogens with one attached hydrogen (secondary N) is 2. The third-order valence-electron chi connectivity index (χ3n) is 10.6. The number of likely N-dealkylation sites (tertiary alicyclic amines) is 1. The fourth-order valence-corrected chi connectivity index (χ4v) is 7.62. The monoisotopic (exact) mass is 640 g/mol. The van der Waals surface area contributed by atoms with Crippen molar-refractivity contribution < 1.29 is 14.3 Å². The molecule has 1 atom stereocenters. The van der Waals surface area contributed by atoms with Crippen LogP contribution in [0.2, 0.25) is 0 Å². The van der Waals surface area contributed by atoms with Crippen molar-refractivity contribution >= 4 is 28.9 Å². The molecule has 11 heteroatoms. The van der Waals surface area contributed by atoms with Crippen molar-refractivity contribution in [2.45, 2.75) is 82.9 Å². The third-order valence-corrected chi connectivity index (χ3v) is 10.6. The van der Waals surface area contributed by atoms with Gasteiger partial charge in [-0.25, -0.2) is 9.97 Å². The molecule has 11 nitrogen and oxygen atoms in total. The number of carbonyl (C=O) groups excluding carboxylic acids is 1. The van der Waals surface area contributed by atoms with Gasteiger partial charge in [-0.15, -0.1) is 0 Å². The van der Waals surface area contributed by atoms with Crippen LogP contribution in [0.4, 0.5) is 23.0 Å². The number of hydrogen-bond acceptors (Lipinski definition) is 10. The van der Waals surface area contributed by atoms with Crippen LogP contribution in [0.5, 0.6) is 5.75 Å². The first-order chi connectivity index (χ1) is 22.8. The number of carbonyl (C=O) groups is 1. The molecule has 1 saturated carbocycles. The zero-order chi connectivity index (χ0) is 32.5. The molecule has 5 heterocycles. The third kappa shape index (κ3) is 6.87. The van der Waals surface area contributed by atoms with Crippen molar-refractivity contribution in [3.8, 4) is 17.1 Å². The summed E-state index contributed by atoms with van der Waals surface area (Å²) in [6.45, 7) is 9.81. The predicted octanol–water partition coefficient (Wildman–Crippen LogP) is 5.52. The van der Waals surface area contributed by atoms with Crippen LogP contribution in [0, 0.1) is 12.8 Å². The Labute approximate surface area is 277 Å². The smallest absolute Gasteiger partial charge is 0.271 e. The zero-order valence-corrected chi connectivity index (χ0v) is 27.9. The van der Waals surface area contributed by atoms with E-state index >= 15 is 0 Å². The molecule has 1 aromatic carbocycles. The second kappa shape index (κ2) is 13.3. The minimum atomic E-state index is -0.676. The number of hydrogen-bond donors (Lipinski definition) is 3. The van der Waals surface area contributed by atoms with E-state index in [1.165, 1.54) is 50.0 Å². The van der Waals surface area contributed by atoms with Crippen molar-refractivity contribution in [1.29, 1.82) is 0 Å². The summed E-state index contributed by atoms with van der Waals surface area (Å²) in [7, 11) is 1.59. The fraction of sp³-hybridized carbons (Fsp3) is 0.556. The number of benzene rings is 1. The molecule has 4 fully saturated rings. The summed E-state index contributed by atoms with van der Waals surface area (Å²) < 4.78 is 11.7. The van der Waals surface area contributed by atoms with Crippen LogP contribution in [0.25, 0.3) is 11.4 Å². The van der Waals surface area contributed by atoms with E-state index in [0.717, 1.165) is 50.4 Å².